The minimum Gasteiger partial charge on any atom is -0.355 e. The van der Waals surface area contributed by atoms with Crippen molar-refractivity contribution in [3.63, 3.8) is 0 Å². The van der Waals surface area contributed by atoms with E-state index in [2.05, 4.69) is 23.7 Å². The second-order valence-corrected chi connectivity index (χ2v) is 5.57. The van der Waals surface area contributed by atoms with Crippen molar-refractivity contribution in [2.24, 2.45) is 11.1 Å². The third kappa shape index (κ3) is 2.34. The number of nitrogens with zero attached hydrogens (tertiary/aromatic N) is 2. The molecule has 0 amide bonds. The topological polar surface area (TPSA) is 42.2 Å². The van der Waals surface area contributed by atoms with Crippen LogP contribution >= 0.6 is 11.6 Å². The Bertz CT molecular complexity index is 416. The Labute approximate surface area is 114 Å². The summed E-state index contributed by atoms with van der Waals surface area (Å²) in [5, 5.41) is 0.725. The summed E-state index contributed by atoms with van der Waals surface area (Å²) in [4.78, 5) is 6.76. The van der Waals surface area contributed by atoms with E-state index in [1.54, 1.807) is 6.20 Å². The maximum atomic E-state index is 6.38. The molecular weight excluding hydrogens is 246 g/mol. The highest BCUT2D eigenvalue weighted by molar-refractivity contribution is 6.33. The molecule has 18 heavy (non-hydrogen) atoms. The molecule has 1 aliphatic heterocycles. The van der Waals surface area contributed by atoms with Gasteiger partial charge in [-0.3, -0.25) is 0 Å². The van der Waals surface area contributed by atoms with Crippen molar-refractivity contribution in [1.82, 2.24) is 4.98 Å². The van der Waals surface area contributed by atoms with E-state index in [1.165, 1.54) is 19.3 Å². The van der Waals surface area contributed by atoms with Gasteiger partial charge in [-0.2, -0.15) is 0 Å². The highest BCUT2D eigenvalue weighted by Gasteiger charge is 2.36. The lowest BCUT2D eigenvalue weighted by atomic mass is 9.82. The number of halogens is 1. The summed E-state index contributed by atoms with van der Waals surface area (Å²) < 4.78 is 0. The van der Waals surface area contributed by atoms with E-state index in [1.807, 2.05) is 6.07 Å². The van der Waals surface area contributed by atoms with Crippen molar-refractivity contribution in [3.8, 4) is 0 Å². The van der Waals surface area contributed by atoms with Crippen LogP contribution in [0.4, 0.5) is 5.82 Å². The largest absolute Gasteiger partial charge is 0.355 e. The van der Waals surface area contributed by atoms with Crippen LogP contribution < -0.4 is 10.6 Å². The van der Waals surface area contributed by atoms with Crippen molar-refractivity contribution in [2.75, 3.05) is 18.0 Å². The average molecular weight is 268 g/mol. The standard InChI is InChI=1S/C14H22ClN3/c1-3-14(4-2)6-8-18(10-14)13-12(15)11(9-16)5-7-17-13/h5,7H,3-4,6,8-10,16H2,1-2H3. The van der Waals surface area contributed by atoms with Crippen LogP contribution in [-0.4, -0.2) is 18.1 Å². The van der Waals surface area contributed by atoms with Crippen LogP contribution in [0.1, 0.15) is 38.7 Å². The summed E-state index contributed by atoms with van der Waals surface area (Å²) in [7, 11) is 0. The molecule has 0 radical (unpaired) electrons. The van der Waals surface area contributed by atoms with Crippen LogP contribution in [-0.2, 0) is 6.54 Å². The summed E-state index contributed by atoms with van der Waals surface area (Å²) in [5.41, 5.74) is 7.11. The Balaban J connectivity index is 2.24. The van der Waals surface area contributed by atoms with Crippen LogP contribution in [0.15, 0.2) is 12.3 Å². The fraction of sp³-hybridized carbons (Fsp3) is 0.643. The van der Waals surface area contributed by atoms with Gasteiger partial charge in [-0.1, -0.05) is 25.4 Å². The van der Waals surface area contributed by atoms with E-state index in [0.29, 0.717) is 12.0 Å². The lowest BCUT2D eigenvalue weighted by molar-refractivity contribution is 0.301. The first-order chi connectivity index (χ1) is 8.65. The maximum Gasteiger partial charge on any atom is 0.147 e. The number of nitrogens with two attached hydrogens (primary N) is 1. The van der Waals surface area contributed by atoms with Crippen LogP contribution in [0.25, 0.3) is 0 Å². The number of pyridine rings is 1. The summed E-state index contributed by atoms with van der Waals surface area (Å²) in [6, 6.07) is 1.90. The van der Waals surface area contributed by atoms with Crippen LogP contribution in [0.3, 0.4) is 0 Å². The molecule has 2 N–H and O–H groups in total. The molecule has 0 saturated carbocycles. The first-order valence-electron chi connectivity index (χ1n) is 6.74. The van der Waals surface area contributed by atoms with Crippen molar-refractivity contribution in [1.29, 1.82) is 0 Å². The monoisotopic (exact) mass is 267 g/mol. The molecule has 1 aromatic rings. The molecule has 1 aromatic heterocycles. The Morgan fingerprint density at radius 2 is 2.17 bits per heavy atom. The smallest absolute Gasteiger partial charge is 0.147 e. The second kappa shape index (κ2) is 5.45. The zero-order valence-corrected chi connectivity index (χ0v) is 12.0. The molecule has 0 unspecified atom stereocenters. The third-order valence-electron chi connectivity index (χ3n) is 4.41. The molecule has 1 saturated heterocycles. The lowest BCUT2D eigenvalue weighted by Crippen LogP contribution is -2.27. The van der Waals surface area contributed by atoms with Gasteiger partial charge in [-0.15, -0.1) is 0 Å². The van der Waals surface area contributed by atoms with Crippen LogP contribution in [0, 0.1) is 5.41 Å². The molecule has 2 rings (SSSR count). The minimum absolute atomic E-state index is 0.434. The van der Waals surface area contributed by atoms with Gasteiger partial charge >= 0.3 is 0 Å². The molecule has 4 heteroatoms. The molecule has 0 aliphatic carbocycles. The van der Waals surface area contributed by atoms with E-state index in [9.17, 15) is 0 Å². The lowest BCUT2D eigenvalue weighted by Gasteiger charge is -2.27. The first-order valence-corrected chi connectivity index (χ1v) is 7.12. The zero-order valence-electron chi connectivity index (χ0n) is 11.2. The number of anilines is 1. The normalized spacial score (nSPS) is 18.3. The Morgan fingerprint density at radius 1 is 1.44 bits per heavy atom. The van der Waals surface area contributed by atoms with Crippen molar-refractivity contribution in [3.05, 3.63) is 22.8 Å². The van der Waals surface area contributed by atoms with Crippen molar-refractivity contribution in [2.45, 2.75) is 39.7 Å². The summed E-state index contributed by atoms with van der Waals surface area (Å²) in [5.74, 6) is 0.906. The number of rotatable bonds is 4. The molecule has 0 atom stereocenters. The van der Waals surface area contributed by atoms with E-state index < -0.39 is 0 Å². The van der Waals surface area contributed by atoms with E-state index in [4.69, 9.17) is 17.3 Å². The van der Waals surface area contributed by atoms with Gasteiger partial charge in [-0.05, 0) is 36.3 Å². The van der Waals surface area contributed by atoms with Crippen molar-refractivity contribution >= 4 is 17.4 Å². The Morgan fingerprint density at radius 3 is 2.72 bits per heavy atom. The van der Waals surface area contributed by atoms with Crippen molar-refractivity contribution < 1.29 is 0 Å². The minimum atomic E-state index is 0.434. The second-order valence-electron chi connectivity index (χ2n) is 5.19. The predicted molar refractivity (Wildman–Crippen MR) is 77.0 cm³/mol. The number of hydrogen-bond acceptors (Lipinski definition) is 3. The van der Waals surface area contributed by atoms with Gasteiger partial charge in [0.15, 0.2) is 0 Å². The SMILES string of the molecule is CCC1(CC)CCN(c2nccc(CN)c2Cl)C1. The van der Waals surface area contributed by atoms with Gasteiger partial charge < -0.3 is 10.6 Å². The molecule has 0 bridgehead atoms. The van der Waals surface area contributed by atoms with Crippen LogP contribution in [0.5, 0.6) is 0 Å². The molecule has 0 aromatic carbocycles. The van der Waals surface area contributed by atoms with Gasteiger partial charge in [0.1, 0.15) is 5.82 Å². The molecule has 3 nitrogen and oxygen atoms in total. The molecule has 2 heterocycles. The molecular formula is C14H22ClN3. The molecule has 1 fully saturated rings. The summed E-state index contributed by atoms with van der Waals surface area (Å²) in [6.07, 6.45) is 5.47. The highest BCUT2D eigenvalue weighted by Crippen LogP contribution is 2.40. The van der Waals surface area contributed by atoms with Gasteiger partial charge in [0.05, 0.1) is 5.02 Å². The van der Waals surface area contributed by atoms with E-state index in [-0.39, 0.29) is 0 Å². The quantitative estimate of drug-likeness (QED) is 0.911. The molecule has 100 valence electrons. The number of hydrogen-bond donors (Lipinski definition) is 1. The van der Waals surface area contributed by atoms with E-state index >= 15 is 0 Å². The number of aromatic nitrogens is 1. The van der Waals surface area contributed by atoms with Gasteiger partial charge in [0.2, 0.25) is 0 Å². The molecule has 0 spiro atoms. The fourth-order valence-corrected chi connectivity index (χ4v) is 3.10. The fourth-order valence-electron chi connectivity index (χ4n) is 2.79. The van der Waals surface area contributed by atoms with Gasteiger partial charge in [0, 0.05) is 25.8 Å². The highest BCUT2D eigenvalue weighted by atomic mass is 35.5. The third-order valence-corrected chi connectivity index (χ3v) is 4.82. The summed E-state index contributed by atoms with van der Waals surface area (Å²) in [6.45, 7) is 7.12. The van der Waals surface area contributed by atoms with Gasteiger partial charge in [-0.25, -0.2) is 4.98 Å². The van der Waals surface area contributed by atoms with E-state index in [0.717, 1.165) is 29.5 Å². The molecule has 1 aliphatic rings. The first kappa shape index (κ1) is 13.6. The van der Waals surface area contributed by atoms with Crippen LogP contribution in [0.2, 0.25) is 5.02 Å². The zero-order chi connectivity index (χ0) is 13.2. The Kier molecular flexibility index (Phi) is 4.13. The summed E-state index contributed by atoms with van der Waals surface area (Å²) >= 11 is 6.38. The Hall–Kier alpha value is -0.800. The average Bonchev–Trinajstić information content (AvgIpc) is 2.84. The predicted octanol–water partition coefficient (Wildman–Crippen LogP) is 3.21. The van der Waals surface area contributed by atoms with Gasteiger partial charge in [0.25, 0.3) is 0 Å². The maximum absolute atomic E-state index is 6.38.